The van der Waals surface area contributed by atoms with Crippen LogP contribution in [0.2, 0.25) is 10.0 Å². The van der Waals surface area contributed by atoms with Gasteiger partial charge in [0.25, 0.3) is 5.91 Å². The molecule has 0 aliphatic heterocycles. The number of carbonyl (C=O) groups excluding carboxylic acids is 2. The lowest BCUT2D eigenvalue weighted by Gasteiger charge is -2.07. The van der Waals surface area contributed by atoms with Gasteiger partial charge in [0, 0.05) is 10.7 Å². The van der Waals surface area contributed by atoms with Crippen molar-refractivity contribution in [1.29, 1.82) is 0 Å². The molecule has 0 radical (unpaired) electrons. The van der Waals surface area contributed by atoms with E-state index in [1.165, 1.54) is 4.68 Å². The van der Waals surface area contributed by atoms with Crippen molar-refractivity contribution in [2.24, 2.45) is 0 Å². The first-order chi connectivity index (χ1) is 12.9. The number of hydrogen-bond donors (Lipinski definition) is 2. The molecule has 3 aromatic rings. The average Bonchev–Trinajstić information content (AvgIpc) is 2.99. The van der Waals surface area contributed by atoms with Crippen LogP contribution in [0.4, 0.5) is 11.4 Å². The number of halogens is 2. The zero-order valence-electron chi connectivity index (χ0n) is 14.2. The van der Waals surface area contributed by atoms with E-state index in [1.807, 2.05) is 0 Å². The van der Waals surface area contributed by atoms with E-state index in [0.29, 0.717) is 27.1 Å². The molecule has 9 heteroatoms. The SMILES string of the molecule is Cc1c(C(=O)Nc2ccccc2Cl)nnn1CC(=O)Nc1ccc(Cl)cc1. The topological polar surface area (TPSA) is 88.9 Å². The molecule has 0 bridgehead atoms. The van der Waals surface area contributed by atoms with Gasteiger partial charge in [-0.1, -0.05) is 40.5 Å². The number of para-hydroxylation sites is 1. The summed E-state index contributed by atoms with van der Waals surface area (Å²) in [6.45, 7) is 1.58. The molecule has 1 aromatic heterocycles. The van der Waals surface area contributed by atoms with Crippen LogP contribution in [0.1, 0.15) is 16.2 Å². The van der Waals surface area contributed by atoms with Gasteiger partial charge in [-0.05, 0) is 43.3 Å². The molecule has 27 heavy (non-hydrogen) atoms. The van der Waals surface area contributed by atoms with Crippen molar-refractivity contribution >= 4 is 46.4 Å². The Hall–Kier alpha value is -2.90. The molecule has 0 saturated heterocycles. The highest BCUT2D eigenvalue weighted by Gasteiger charge is 2.18. The van der Waals surface area contributed by atoms with Crippen LogP contribution < -0.4 is 10.6 Å². The summed E-state index contributed by atoms with van der Waals surface area (Å²) < 4.78 is 1.35. The van der Waals surface area contributed by atoms with Crippen molar-refractivity contribution in [2.75, 3.05) is 10.6 Å². The van der Waals surface area contributed by atoms with Gasteiger partial charge >= 0.3 is 0 Å². The first-order valence-corrected chi connectivity index (χ1v) is 8.71. The van der Waals surface area contributed by atoms with Crippen molar-refractivity contribution < 1.29 is 9.59 Å². The van der Waals surface area contributed by atoms with E-state index in [2.05, 4.69) is 20.9 Å². The maximum Gasteiger partial charge on any atom is 0.278 e. The smallest absolute Gasteiger partial charge is 0.278 e. The van der Waals surface area contributed by atoms with E-state index in [9.17, 15) is 9.59 Å². The van der Waals surface area contributed by atoms with Crippen LogP contribution in [0.25, 0.3) is 0 Å². The van der Waals surface area contributed by atoms with Gasteiger partial charge in [0.15, 0.2) is 5.69 Å². The fourth-order valence-electron chi connectivity index (χ4n) is 2.33. The fourth-order valence-corrected chi connectivity index (χ4v) is 2.64. The summed E-state index contributed by atoms with van der Waals surface area (Å²) in [6, 6.07) is 13.6. The van der Waals surface area contributed by atoms with Gasteiger partial charge in [-0.2, -0.15) is 0 Å². The Bertz CT molecular complexity index is 986. The molecule has 138 valence electrons. The zero-order valence-corrected chi connectivity index (χ0v) is 15.8. The zero-order chi connectivity index (χ0) is 19.4. The van der Waals surface area contributed by atoms with Crippen LogP contribution in [-0.4, -0.2) is 26.8 Å². The van der Waals surface area contributed by atoms with Crippen LogP contribution >= 0.6 is 23.2 Å². The summed E-state index contributed by atoms with van der Waals surface area (Å²) in [5.41, 5.74) is 1.66. The van der Waals surface area contributed by atoms with Gasteiger partial charge in [-0.25, -0.2) is 4.68 Å². The van der Waals surface area contributed by atoms with Crippen LogP contribution in [0.5, 0.6) is 0 Å². The largest absolute Gasteiger partial charge is 0.324 e. The number of benzene rings is 2. The molecule has 0 aliphatic carbocycles. The standard InChI is InChI=1S/C18H15Cl2N5O2/c1-11-17(18(27)22-15-5-3-2-4-14(15)20)23-24-25(11)10-16(26)21-13-8-6-12(19)7-9-13/h2-9H,10H2,1H3,(H,21,26)(H,22,27). The molecule has 0 saturated carbocycles. The number of hydrogen-bond acceptors (Lipinski definition) is 4. The number of carbonyl (C=O) groups is 2. The van der Waals surface area contributed by atoms with Crippen LogP contribution in [0.3, 0.4) is 0 Å². The Morgan fingerprint density at radius 1 is 1.04 bits per heavy atom. The van der Waals surface area contributed by atoms with Crippen LogP contribution in [0.15, 0.2) is 48.5 Å². The van der Waals surface area contributed by atoms with E-state index in [-0.39, 0.29) is 18.1 Å². The molecular formula is C18H15Cl2N5O2. The lowest BCUT2D eigenvalue weighted by molar-refractivity contribution is -0.117. The molecule has 0 atom stereocenters. The number of aromatic nitrogens is 3. The van der Waals surface area contributed by atoms with Gasteiger partial charge in [-0.3, -0.25) is 9.59 Å². The average molecular weight is 404 g/mol. The molecule has 0 spiro atoms. The van der Waals surface area contributed by atoms with E-state index >= 15 is 0 Å². The van der Waals surface area contributed by atoms with Gasteiger partial charge in [0.1, 0.15) is 6.54 Å². The van der Waals surface area contributed by atoms with Gasteiger partial charge in [0.2, 0.25) is 5.91 Å². The summed E-state index contributed by atoms with van der Waals surface area (Å²) in [4.78, 5) is 24.6. The third-order valence-corrected chi connectivity index (χ3v) is 4.32. The molecule has 2 aromatic carbocycles. The molecular weight excluding hydrogens is 389 g/mol. The van der Waals surface area contributed by atoms with Crippen LogP contribution in [-0.2, 0) is 11.3 Å². The van der Waals surface area contributed by atoms with Crippen molar-refractivity contribution in [2.45, 2.75) is 13.5 Å². The molecule has 2 N–H and O–H groups in total. The Morgan fingerprint density at radius 3 is 2.44 bits per heavy atom. The van der Waals surface area contributed by atoms with Crippen molar-refractivity contribution in [3.8, 4) is 0 Å². The second-order valence-corrected chi connectivity index (χ2v) is 6.51. The summed E-state index contributed by atoms with van der Waals surface area (Å²) in [5.74, 6) is -0.756. The Kier molecular flexibility index (Phi) is 5.73. The minimum absolute atomic E-state index is 0.0825. The normalized spacial score (nSPS) is 10.5. The second-order valence-electron chi connectivity index (χ2n) is 5.67. The molecule has 0 fully saturated rings. The predicted molar refractivity (Wildman–Crippen MR) is 104 cm³/mol. The van der Waals surface area contributed by atoms with Gasteiger partial charge in [-0.15, -0.1) is 5.10 Å². The monoisotopic (exact) mass is 403 g/mol. The van der Waals surface area contributed by atoms with E-state index in [1.54, 1.807) is 55.5 Å². The molecule has 3 rings (SSSR count). The summed E-state index contributed by atoms with van der Waals surface area (Å²) >= 11 is 11.9. The highest BCUT2D eigenvalue weighted by molar-refractivity contribution is 6.33. The summed E-state index contributed by atoms with van der Waals surface area (Å²) in [6.07, 6.45) is 0. The van der Waals surface area contributed by atoms with E-state index < -0.39 is 5.91 Å². The molecule has 0 unspecified atom stereocenters. The maximum absolute atomic E-state index is 12.4. The minimum Gasteiger partial charge on any atom is -0.324 e. The van der Waals surface area contributed by atoms with E-state index in [4.69, 9.17) is 23.2 Å². The maximum atomic E-state index is 12.4. The number of nitrogens with one attached hydrogen (secondary N) is 2. The third-order valence-electron chi connectivity index (χ3n) is 3.74. The number of nitrogens with zero attached hydrogens (tertiary/aromatic N) is 3. The number of anilines is 2. The van der Waals surface area contributed by atoms with Gasteiger partial charge in [0.05, 0.1) is 16.4 Å². The number of amides is 2. The first-order valence-electron chi connectivity index (χ1n) is 7.95. The lowest BCUT2D eigenvalue weighted by Crippen LogP contribution is -2.21. The number of rotatable bonds is 5. The molecule has 0 aliphatic rings. The minimum atomic E-state index is -0.454. The van der Waals surface area contributed by atoms with Crippen LogP contribution in [0, 0.1) is 6.92 Å². The molecule has 2 amide bonds. The first kappa shape index (κ1) is 18.9. The quantitative estimate of drug-likeness (QED) is 0.677. The van der Waals surface area contributed by atoms with Crippen molar-refractivity contribution in [3.05, 3.63) is 70.0 Å². The summed E-state index contributed by atoms with van der Waals surface area (Å²) in [7, 11) is 0. The highest BCUT2D eigenvalue weighted by Crippen LogP contribution is 2.21. The second kappa shape index (κ2) is 8.20. The fraction of sp³-hybridized carbons (Fsp3) is 0.111. The highest BCUT2D eigenvalue weighted by atomic mass is 35.5. The van der Waals surface area contributed by atoms with Crippen molar-refractivity contribution in [1.82, 2.24) is 15.0 Å². The Balaban J connectivity index is 1.67. The predicted octanol–water partition coefficient (Wildman–Crippen LogP) is 3.78. The Morgan fingerprint density at radius 2 is 1.74 bits per heavy atom. The molecule has 7 nitrogen and oxygen atoms in total. The molecule has 1 heterocycles. The van der Waals surface area contributed by atoms with Gasteiger partial charge < -0.3 is 10.6 Å². The summed E-state index contributed by atoms with van der Waals surface area (Å²) in [5, 5.41) is 14.2. The third kappa shape index (κ3) is 4.64. The lowest BCUT2D eigenvalue weighted by atomic mass is 10.2. The Labute approximate surface area is 165 Å². The van der Waals surface area contributed by atoms with Crippen molar-refractivity contribution in [3.63, 3.8) is 0 Å². The van der Waals surface area contributed by atoms with E-state index in [0.717, 1.165) is 0 Å².